The van der Waals surface area contributed by atoms with Gasteiger partial charge in [0.25, 0.3) is 0 Å². The molecule has 6 heteroatoms. The minimum atomic E-state index is -3.26. The van der Waals surface area contributed by atoms with Gasteiger partial charge in [0.2, 0.25) is 10.0 Å². The minimum Gasteiger partial charge on any atom is -0.329 e. The van der Waals surface area contributed by atoms with Crippen molar-refractivity contribution in [1.82, 2.24) is 9.62 Å². The van der Waals surface area contributed by atoms with E-state index in [4.69, 9.17) is 5.73 Å². The van der Waals surface area contributed by atoms with Crippen molar-refractivity contribution in [2.45, 2.75) is 25.1 Å². The largest absolute Gasteiger partial charge is 0.329 e. The Balaban J connectivity index is 2.24. The van der Waals surface area contributed by atoms with Gasteiger partial charge >= 0.3 is 0 Å². The van der Waals surface area contributed by atoms with Crippen LogP contribution in [0, 0.1) is 0 Å². The number of nitrogens with two attached hydrogens (primary N) is 1. The zero-order chi connectivity index (χ0) is 15.0. The van der Waals surface area contributed by atoms with Gasteiger partial charge < -0.3 is 10.6 Å². The Labute approximate surface area is 122 Å². The standard InChI is InChI=1S/C14H25N3O2S/c1-13(11-15)20(18,19)16-9-6-10-17(2)12-14-7-4-3-5-8-14/h3-5,7-8,13,16H,6,9-12,15H2,1-2H3. The van der Waals surface area contributed by atoms with E-state index in [1.54, 1.807) is 6.92 Å². The summed E-state index contributed by atoms with van der Waals surface area (Å²) in [6.07, 6.45) is 0.778. The third kappa shape index (κ3) is 6.00. The molecule has 0 heterocycles. The average molecular weight is 299 g/mol. The zero-order valence-electron chi connectivity index (χ0n) is 12.2. The normalized spacial score (nSPS) is 13.6. The lowest BCUT2D eigenvalue weighted by Crippen LogP contribution is -2.38. The molecule has 20 heavy (non-hydrogen) atoms. The van der Waals surface area contributed by atoms with Gasteiger partial charge in [-0.3, -0.25) is 0 Å². The summed E-state index contributed by atoms with van der Waals surface area (Å²) in [6, 6.07) is 10.2. The molecule has 1 atom stereocenters. The van der Waals surface area contributed by atoms with Crippen LogP contribution >= 0.6 is 0 Å². The van der Waals surface area contributed by atoms with Crippen LogP contribution in [0.5, 0.6) is 0 Å². The first-order valence-corrected chi connectivity index (χ1v) is 8.41. The molecule has 0 aliphatic rings. The van der Waals surface area contributed by atoms with Crippen molar-refractivity contribution in [3.05, 3.63) is 35.9 Å². The molecule has 1 unspecified atom stereocenters. The molecule has 0 saturated carbocycles. The fourth-order valence-corrected chi connectivity index (χ4v) is 2.77. The molecule has 3 N–H and O–H groups in total. The number of nitrogens with zero attached hydrogens (tertiary/aromatic N) is 1. The van der Waals surface area contributed by atoms with Crippen molar-refractivity contribution in [3.8, 4) is 0 Å². The van der Waals surface area contributed by atoms with Crippen molar-refractivity contribution in [1.29, 1.82) is 0 Å². The highest BCUT2D eigenvalue weighted by molar-refractivity contribution is 7.90. The number of nitrogens with one attached hydrogen (secondary N) is 1. The summed E-state index contributed by atoms with van der Waals surface area (Å²) >= 11 is 0. The van der Waals surface area contributed by atoms with Crippen LogP contribution in [0.4, 0.5) is 0 Å². The van der Waals surface area contributed by atoms with E-state index in [0.717, 1.165) is 19.5 Å². The first-order valence-electron chi connectivity index (χ1n) is 6.86. The van der Waals surface area contributed by atoms with Gasteiger partial charge in [-0.25, -0.2) is 13.1 Å². The fourth-order valence-electron chi connectivity index (χ4n) is 1.81. The van der Waals surface area contributed by atoms with Crippen LogP contribution in [0.1, 0.15) is 18.9 Å². The predicted octanol–water partition coefficient (Wildman–Crippen LogP) is 0.775. The van der Waals surface area contributed by atoms with E-state index in [1.165, 1.54) is 5.56 Å². The Hall–Kier alpha value is -0.950. The van der Waals surface area contributed by atoms with Crippen molar-refractivity contribution in [2.24, 2.45) is 5.73 Å². The van der Waals surface area contributed by atoms with Crippen LogP contribution in [-0.4, -0.2) is 45.2 Å². The van der Waals surface area contributed by atoms with E-state index in [2.05, 4.69) is 21.8 Å². The van der Waals surface area contributed by atoms with Gasteiger partial charge in [-0.05, 0) is 32.5 Å². The lowest BCUT2D eigenvalue weighted by atomic mass is 10.2. The van der Waals surface area contributed by atoms with Gasteiger partial charge in [0.1, 0.15) is 0 Å². The molecule has 0 aliphatic heterocycles. The number of sulfonamides is 1. The lowest BCUT2D eigenvalue weighted by Gasteiger charge is -2.17. The van der Waals surface area contributed by atoms with Gasteiger partial charge in [0, 0.05) is 19.6 Å². The molecule has 0 radical (unpaired) electrons. The highest BCUT2D eigenvalue weighted by Gasteiger charge is 2.17. The Kier molecular flexibility index (Phi) is 7.15. The molecule has 0 aromatic heterocycles. The van der Waals surface area contributed by atoms with E-state index in [9.17, 15) is 8.42 Å². The van der Waals surface area contributed by atoms with Crippen LogP contribution in [0.25, 0.3) is 0 Å². The fraction of sp³-hybridized carbons (Fsp3) is 0.571. The SMILES string of the molecule is CC(CN)S(=O)(=O)NCCCN(C)Cc1ccccc1. The monoisotopic (exact) mass is 299 g/mol. The van der Waals surface area contributed by atoms with Crippen molar-refractivity contribution in [2.75, 3.05) is 26.7 Å². The van der Waals surface area contributed by atoms with Crippen molar-refractivity contribution < 1.29 is 8.42 Å². The van der Waals surface area contributed by atoms with Gasteiger partial charge in [-0.2, -0.15) is 0 Å². The van der Waals surface area contributed by atoms with Crippen LogP contribution < -0.4 is 10.5 Å². The van der Waals surface area contributed by atoms with E-state index in [0.29, 0.717) is 6.54 Å². The van der Waals surface area contributed by atoms with Crippen LogP contribution in [0.15, 0.2) is 30.3 Å². The summed E-state index contributed by atoms with van der Waals surface area (Å²) in [6.45, 7) is 3.92. The summed E-state index contributed by atoms with van der Waals surface area (Å²) in [5, 5.41) is -0.537. The van der Waals surface area contributed by atoms with E-state index >= 15 is 0 Å². The average Bonchev–Trinajstić information content (AvgIpc) is 2.43. The van der Waals surface area contributed by atoms with E-state index in [-0.39, 0.29) is 6.54 Å². The maximum absolute atomic E-state index is 11.7. The van der Waals surface area contributed by atoms with Gasteiger partial charge in [-0.1, -0.05) is 30.3 Å². The molecular weight excluding hydrogens is 274 g/mol. The van der Waals surface area contributed by atoms with Gasteiger partial charge in [0.05, 0.1) is 5.25 Å². The molecule has 0 amide bonds. The smallest absolute Gasteiger partial charge is 0.215 e. The molecule has 1 rings (SSSR count). The van der Waals surface area contributed by atoms with Crippen LogP contribution in [0.3, 0.4) is 0 Å². The number of benzene rings is 1. The third-order valence-electron chi connectivity index (χ3n) is 3.18. The Morgan fingerprint density at radius 3 is 2.55 bits per heavy atom. The summed E-state index contributed by atoms with van der Waals surface area (Å²) < 4.78 is 26.0. The summed E-state index contributed by atoms with van der Waals surface area (Å²) in [7, 11) is -1.23. The number of rotatable bonds is 9. The molecule has 0 fully saturated rings. The third-order valence-corrected chi connectivity index (χ3v) is 5.04. The second-order valence-electron chi connectivity index (χ2n) is 5.06. The van der Waals surface area contributed by atoms with Gasteiger partial charge in [0.15, 0.2) is 0 Å². The molecular formula is C14H25N3O2S. The van der Waals surface area contributed by atoms with Crippen molar-refractivity contribution >= 4 is 10.0 Å². The highest BCUT2D eigenvalue weighted by atomic mass is 32.2. The zero-order valence-corrected chi connectivity index (χ0v) is 13.1. The topological polar surface area (TPSA) is 75.4 Å². The molecule has 0 bridgehead atoms. The van der Waals surface area contributed by atoms with Crippen LogP contribution in [0.2, 0.25) is 0 Å². The highest BCUT2D eigenvalue weighted by Crippen LogP contribution is 2.03. The second kappa shape index (κ2) is 8.36. The number of hydrogen-bond donors (Lipinski definition) is 2. The molecule has 1 aromatic rings. The maximum atomic E-state index is 11.7. The summed E-state index contributed by atoms with van der Waals surface area (Å²) in [5.41, 5.74) is 6.63. The molecule has 0 saturated heterocycles. The Morgan fingerprint density at radius 1 is 1.30 bits per heavy atom. The second-order valence-corrected chi connectivity index (χ2v) is 7.25. The van der Waals surface area contributed by atoms with E-state index < -0.39 is 15.3 Å². The molecule has 114 valence electrons. The molecule has 0 spiro atoms. The first-order chi connectivity index (χ1) is 9.45. The molecule has 1 aromatic carbocycles. The van der Waals surface area contributed by atoms with Crippen LogP contribution in [-0.2, 0) is 16.6 Å². The quantitative estimate of drug-likeness (QED) is 0.661. The van der Waals surface area contributed by atoms with E-state index in [1.807, 2.05) is 25.2 Å². The Bertz CT molecular complexity index is 476. The summed E-state index contributed by atoms with van der Waals surface area (Å²) in [5.74, 6) is 0. The minimum absolute atomic E-state index is 0.142. The first kappa shape index (κ1) is 17.1. The maximum Gasteiger partial charge on any atom is 0.215 e. The lowest BCUT2D eigenvalue weighted by molar-refractivity contribution is 0.322. The summed E-state index contributed by atoms with van der Waals surface area (Å²) in [4.78, 5) is 2.18. The Morgan fingerprint density at radius 2 is 1.95 bits per heavy atom. The predicted molar refractivity (Wildman–Crippen MR) is 82.8 cm³/mol. The van der Waals surface area contributed by atoms with Crippen molar-refractivity contribution in [3.63, 3.8) is 0 Å². The van der Waals surface area contributed by atoms with Gasteiger partial charge in [-0.15, -0.1) is 0 Å². The molecule has 5 nitrogen and oxygen atoms in total. The molecule has 0 aliphatic carbocycles. The number of hydrogen-bond acceptors (Lipinski definition) is 4.